The van der Waals surface area contributed by atoms with Crippen LogP contribution in [0.5, 0.6) is 0 Å². The van der Waals surface area contributed by atoms with Gasteiger partial charge in [0.05, 0.1) is 11.1 Å². The zero-order valence-corrected chi connectivity index (χ0v) is 15.6. The van der Waals surface area contributed by atoms with Gasteiger partial charge in [0.1, 0.15) is 6.04 Å². The highest BCUT2D eigenvalue weighted by atomic mass is 16.2. The van der Waals surface area contributed by atoms with Crippen molar-refractivity contribution in [2.45, 2.75) is 19.0 Å². The van der Waals surface area contributed by atoms with Gasteiger partial charge in [-0.15, -0.1) is 0 Å². The summed E-state index contributed by atoms with van der Waals surface area (Å²) in [6, 6.07) is 18.7. The molecule has 0 saturated carbocycles. The first-order valence-corrected chi connectivity index (χ1v) is 9.32. The maximum Gasteiger partial charge on any atom is 0.262 e. The van der Waals surface area contributed by atoms with Crippen LogP contribution in [0.4, 0.5) is 0 Å². The summed E-state index contributed by atoms with van der Waals surface area (Å²) in [7, 11) is 0. The molecule has 2 heterocycles. The number of carbonyl (C=O) groups excluding carboxylic acids is 3. The third-order valence-electron chi connectivity index (χ3n) is 4.90. The van der Waals surface area contributed by atoms with E-state index in [9.17, 15) is 14.4 Å². The van der Waals surface area contributed by atoms with Gasteiger partial charge in [-0.25, -0.2) is 0 Å². The van der Waals surface area contributed by atoms with E-state index >= 15 is 0 Å². The second kappa shape index (κ2) is 8.06. The number of carbonyl (C=O) groups is 3. The molecule has 0 aliphatic carbocycles. The molecule has 1 aromatic heterocycles. The van der Waals surface area contributed by atoms with Gasteiger partial charge in [-0.1, -0.05) is 48.5 Å². The molecule has 6 heteroatoms. The molecule has 0 fully saturated rings. The molecule has 0 saturated heterocycles. The summed E-state index contributed by atoms with van der Waals surface area (Å²) in [4.78, 5) is 44.1. The summed E-state index contributed by atoms with van der Waals surface area (Å²) < 4.78 is 0. The van der Waals surface area contributed by atoms with Crippen LogP contribution in [0, 0.1) is 0 Å². The largest absolute Gasteiger partial charge is 0.350 e. The number of pyridine rings is 1. The van der Waals surface area contributed by atoms with E-state index in [4.69, 9.17) is 0 Å². The molecule has 6 nitrogen and oxygen atoms in total. The van der Waals surface area contributed by atoms with Crippen molar-refractivity contribution in [1.29, 1.82) is 0 Å². The third-order valence-corrected chi connectivity index (χ3v) is 4.90. The van der Waals surface area contributed by atoms with Gasteiger partial charge in [0.15, 0.2) is 0 Å². The molecule has 29 heavy (non-hydrogen) atoms. The molecule has 1 aliphatic rings. The number of hydrogen-bond donors (Lipinski definition) is 1. The average Bonchev–Trinajstić information content (AvgIpc) is 3.02. The van der Waals surface area contributed by atoms with Gasteiger partial charge in [0.2, 0.25) is 5.91 Å². The highest BCUT2D eigenvalue weighted by molar-refractivity contribution is 6.22. The molecular formula is C23H19N3O3. The minimum atomic E-state index is -0.943. The zero-order valence-electron chi connectivity index (χ0n) is 15.6. The van der Waals surface area contributed by atoms with E-state index in [1.807, 2.05) is 36.4 Å². The summed E-state index contributed by atoms with van der Waals surface area (Å²) >= 11 is 0. The van der Waals surface area contributed by atoms with Gasteiger partial charge in [0, 0.05) is 25.4 Å². The van der Waals surface area contributed by atoms with Crippen LogP contribution < -0.4 is 5.32 Å². The Bertz CT molecular complexity index is 1020. The number of benzene rings is 2. The molecule has 1 aliphatic heterocycles. The molecular weight excluding hydrogens is 366 g/mol. The van der Waals surface area contributed by atoms with Crippen LogP contribution in [0.1, 0.15) is 31.8 Å². The topological polar surface area (TPSA) is 79.4 Å². The van der Waals surface area contributed by atoms with Crippen LogP contribution in [-0.2, 0) is 17.8 Å². The maximum atomic E-state index is 13.1. The normalized spacial score (nSPS) is 13.9. The first kappa shape index (κ1) is 18.6. The molecule has 0 unspecified atom stereocenters. The fourth-order valence-corrected chi connectivity index (χ4v) is 3.44. The number of nitrogens with one attached hydrogen (secondary N) is 1. The van der Waals surface area contributed by atoms with E-state index in [1.54, 1.807) is 42.7 Å². The highest BCUT2D eigenvalue weighted by Gasteiger charge is 2.42. The van der Waals surface area contributed by atoms with Crippen molar-refractivity contribution in [3.05, 3.63) is 101 Å². The quantitative estimate of drug-likeness (QED) is 0.662. The minimum absolute atomic E-state index is 0.241. The van der Waals surface area contributed by atoms with Crippen molar-refractivity contribution in [2.24, 2.45) is 0 Å². The van der Waals surface area contributed by atoms with E-state index in [0.717, 1.165) is 16.0 Å². The van der Waals surface area contributed by atoms with Gasteiger partial charge < -0.3 is 5.32 Å². The minimum Gasteiger partial charge on any atom is -0.350 e. The molecule has 0 radical (unpaired) electrons. The smallest absolute Gasteiger partial charge is 0.262 e. The number of imide groups is 1. The van der Waals surface area contributed by atoms with Crippen molar-refractivity contribution >= 4 is 17.7 Å². The second-order valence-corrected chi connectivity index (χ2v) is 6.81. The van der Waals surface area contributed by atoms with E-state index in [1.165, 1.54) is 0 Å². The van der Waals surface area contributed by atoms with E-state index < -0.39 is 17.9 Å². The predicted molar refractivity (Wildman–Crippen MR) is 107 cm³/mol. The number of hydrogen-bond acceptors (Lipinski definition) is 4. The molecule has 1 atom stereocenters. The molecule has 4 rings (SSSR count). The lowest BCUT2D eigenvalue weighted by atomic mass is 10.0. The monoisotopic (exact) mass is 385 g/mol. The lowest BCUT2D eigenvalue weighted by molar-refractivity contribution is -0.125. The van der Waals surface area contributed by atoms with Crippen LogP contribution in [0.2, 0.25) is 0 Å². The Morgan fingerprint density at radius 1 is 0.862 bits per heavy atom. The predicted octanol–water partition coefficient (Wildman–Crippen LogP) is 2.61. The average molecular weight is 385 g/mol. The lowest BCUT2D eigenvalue weighted by Gasteiger charge is -2.25. The van der Waals surface area contributed by atoms with Gasteiger partial charge in [-0.3, -0.25) is 24.3 Å². The van der Waals surface area contributed by atoms with Gasteiger partial charge in [-0.2, -0.15) is 0 Å². The second-order valence-electron chi connectivity index (χ2n) is 6.81. The number of nitrogens with zero attached hydrogens (tertiary/aromatic N) is 2. The standard InChI is InChI=1S/C23H19N3O3/c27-21(25-15-17-9-6-12-24-14-17)20(13-16-7-2-1-3-8-16)26-22(28)18-10-4-5-11-19(18)23(26)29/h1-12,14,20H,13,15H2,(H,25,27)/t20-/m0/s1. The molecule has 144 valence electrons. The third kappa shape index (κ3) is 3.78. The summed E-state index contributed by atoms with van der Waals surface area (Å²) in [5, 5.41) is 2.84. The first-order valence-electron chi connectivity index (χ1n) is 9.32. The SMILES string of the molecule is O=C(NCc1cccnc1)[C@H](Cc1ccccc1)N1C(=O)c2ccccc2C1=O. The number of aromatic nitrogens is 1. The van der Waals surface area contributed by atoms with Gasteiger partial charge >= 0.3 is 0 Å². The van der Waals surface area contributed by atoms with Gasteiger partial charge in [-0.05, 0) is 29.3 Å². The zero-order chi connectivity index (χ0) is 20.2. The van der Waals surface area contributed by atoms with Crippen molar-refractivity contribution < 1.29 is 14.4 Å². The first-order chi connectivity index (χ1) is 14.1. The summed E-state index contributed by atoms with van der Waals surface area (Å²) in [6.45, 7) is 0.265. The molecule has 0 spiro atoms. The number of rotatable bonds is 6. The van der Waals surface area contributed by atoms with Crippen LogP contribution in [0.15, 0.2) is 79.1 Å². The Hall–Kier alpha value is -3.80. The van der Waals surface area contributed by atoms with Gasteiger partial charge in [0.25, 0.3) is 11.8 Å². The van der Waals surface area contributed by atoms with E-state index in [-0.39, 0.29) is 18.9 Å². The fraction of sp³-hybridized carbons (Fsp3) is 0.130. The Morgan fingerprint density at radius 2 is 1.48 bits per heavy atom. The Balaban J connectivity index is 1.61. The fourth-order valence-electron chi connectivity index (χ4n) is 3.44. The summed E-state index contributed by atoms with van der Waals surface area (Å²) in [5.74, 6) is -1.27. The van der Waals surface area contributed by atoms with Crippen LogP contribution >= 0.6 is 0 Å². The van der Waals surface area contributed by atoms with Crippen LogP contribution in [0.25, 0.3) is 0 Å². The summed E-state index contributed by atoms with van der Waals surface area (Å²) in [5.41, 5.74) is 2.36. The van der Waals surface area contributed by atoms with Crippen molar-refractivity contribution in [1.82, 2.24) is 15.2 Å². The molecule has 1 N–H and O–H groups in total. The van der Waals surface area contributed by atoms with Crippen molar-refractivity contribution in [3.63, 3.8) is 0 Å². The van der Waals surface area contributed by atoms with E-state index in [2.05, 4.69) is 10.3 Å². The lowest BCUT2D eigenvalue weighted by Crippen LogP contribution is -2.50. The van der Waals surface area contributed by atoms with Crippen molar-refractivity contribution in [3.8, 4) is 0 Å². The van der Waals surface area contributed by atoms with Crippen LogP contribution in [0.3, 0.4) is 0 Å². The molecule has 0 bridgehead atoms. The Labute approximate surface area is 168 Å². The summed E-state index contributed by atoms with van der Waals surface area (Å²) in [6.07, 6.45) is 3.56. The Morgan fingerprint density at radius 3 is 2.10 bits per heavy atom. The maximum absolute atomic E-state index is 13.1. The Kier molecular flexibility index (Phi) is 5.16. The van der Waals surface area contributed by atoms with E-state index in [0.29, 0.717) is 11.1 Å². The highest BCUT2D eigenvalue weighted by Crippen LogP contribution is 2.26. The molecule has 2 aromatic carbocycles. The van der Waals surface area contributed by atoms with Crippen LogP contribution in [-0.4, -0.2) is 33.6 Å². The number of fused-ring (bicyclic) bond motifs is 1. The molecule has 3 amide bonds. The number of amides is 3. The van der Waals surface area contributed by atoms with Crippen molar-refractivity contribution in [2.75, 3.05) is 0 Å². The molecule has 3 aromatic rings.